The Hall–Kier alpha value is -2.97. The Labute approximate surface area is 189 Å². The Morgan fingerprint density at radius 3 is 2.55 bits per heavy atom. The summed E-state index contributed by atoms with van der Waals surface area (Å²) in [4.78, 5) is 31.0. The monoisotopic (exact) mass is 460 g/mol. The lowest BCUT2D eigenvalue weighted by Gasteiger charge is -2.18. The number of hydrogen-bond acceptors (Lipinski definition) is 7. The minimum Gasteiger partial charge on any atom is -0.497 e. The van der Waals surface area contributed by atoms with E-state index in [0.29, 0.717) is 27.4 Å². The van der Waals surface area contributed by atoms with E-state index >= 15 is 0 Å². The van der Waals surface area contributed by atoms with Gasteiger partial charge in [-0.2, -0.15) is 0 Å². The Morgan fingerprint density at radius 1 is 1.16 bits per heavy atom. The fraction of sp³-hybridized carbons (Fsp3) is 0.227. The summed E-state index contributed by atoms with van der Waals surface area (Å²) in [6, 6.07) is 12.2. The maximum atomic E-state index is 13.2. The molecule has 0 saturated carbocycles. The van der Waals surface area contributed by atoms with Crippen LogP contribution in [0.1, 0.15) is 12.5 Å². The molecule has 2 aromatic rings. The molecule has 3 rings (SSSR count). The average Bonchev–Trinajstić information content (AvgIpc) is 3.08. The van der Waals surface area contributed by atoms with E-state index < -0.39 is 0 Å². The largest absolute Gasteiger partial charge is 0.497 e. The van der Waals surface area contributed by atoms with Gasteiger partial charge in [-0.3, -0.25) is 14.5 Å². The number of hydrogen-bond donors (Lipinski definition) is 0. The molecule has 1 heterocycles. The first-order chi connectivity index (χ1) is 15.0. The fourth-order valence-electron chi connectivity index (χ4n) is 2.79. The van der Waals surface area contributed by atoms with Crippen molar-refractivity contribution in [3.63, 3.8) is 0 Å². The number of anilines is 1. The first-order valence-electron chi connectivity index (χ1n) is 9.37. The number of amides is 1. The van der Waals surface area contributed by atoms with Gasteiger partial charge in [0.1, 0.15) is 17.2 Å². The van der Waals surface area contributed by atoms with Gasteiger partial charge < -0.3 is 14.2 Å². The van der Waals surface area contributed by atoms with Gasteiger partial charge in [-0.05, 0) is 42.8 Å². The smallest absolute Gasteiger partial charge is 0.316 e. The van der Waals surface area contributed by atoms with Gasteiger partial charge in [0.15, 0.2) is 5.17 Å². The summed E-state index contributed by atoms with van der Waals surface area (Å²) in [6.07, 6.45) is 1.68. The lowest BCUT2D eigenvalue weighted by atomic mass is 10.2. The summed E-state index contributed by atoms with van der Waals surface area (Å²) in [5.41, 5.74) is 1.56. The van der Waals surface area contributed by atoms with Gasteiger partial charge in [-0.25, -0.2) is 4.99 Å². The van der Waals surface area contributed by atoms with E-state index in [4.69, 9.17) is 25.8 Å². The highest BCUT2D eigenvalue weighted by Gasteiger charge is 2.33. The molecule has 0 aromatic heterocycles. The van der Waals surface area contributed by atoms with Crippen LogP contribution in [-0.2, 0) is 14.3 Å². The van der Waals surface area contributed by atoms with Crippen LogP contribution in [0.5, 0.6) is 11.5 Å². The molecule has 1 aliphatic heterocycles. The van der Waals surface area contributed by atoms with E-state index in [1.807, 2.05) is 12.1 Å². The highest BCUT2D eigenvalue weighted by molar-refractivity contribution is 8.14. The van der Waals surface area contributed by atoms with Gasteiger partial charge in [0.2, 0.25) is 0 Å². The molecular formula is C22H21ClN2O5S. The summed E-state index contributed by atoms with van der Waals surface area (Å²) in [5.74, 6) is 0.450. The molecule has 1 aliphatic rings. The van der Waals surface area contributed by atoms with Crippen molar-refractivity contribution in [3.8, 4) is 11.5 Å². The Bertz CT molecular complexity index is 1040. The molecule has 9 heteroatoms. The second-order valence-electron chi connectivity index (χ2n) is 6.25. The number of halogens is 1. The zero-order chi connectivity index (χ0) is 22.4. The van der Waals surface area contributed by atoms with Crippen LogP contribution in [0.3, 0.4) is 0 Å². The number of amidine groups is 1. The predicted octanol–water partition coefficient (Wildman–Crippen LogP) is 4.40. The number of ether oxygens (including phenoxy) is 3. The number of aliphatic imine (C=N–C) groups is 1. The SMILES string of the molecule is CCOC(=O)CSC1=NC(=Cc2ccc(OC)cc2)C(=O)N1c1ccc(Cl)c(OC)c1. The number of nitrogens with zero attached hydrogens (tertiary/aromatic N) is 2. The third-order valence-electron chi connectivity index (χ3n) is 4.27. The first-order valence-corrected chi connectivity index (χ1v) is 10.7. The third-order valence-corrected chi connectivity index (χ3v) is 5.49. The molecule has 7 nitrogen and oxygen atoms in total. The second-order valence-corrected chi connectivity index (χ2v) is 7.60. The molecule has 0 fully saturated rings. The van der Waals surface area contributed by atoms with Gasteiger partial charge >= 0.3 is 5.97 Å². The predicted molar refractivity (Wildman–Crippen MR) is 123 cm³/mol. The summed E-state index contributed by atoms with van der Waals surface area (Å²) in [5, 5.41) is 0.784. The normalized spacial score (nSPS) is 14.6. The van der Waals surface area contributed by atoms with E-state index in [2.05, 4.69) is 4.99 Å². The van der Waals surface area contributed by atoms with Crippen LogP contribution in [0.2, 0.25) is 5.02 Å². The van der Waals surface area contributed by atoms with Crippen LogP contribution in [0, 0.1) is 0 Å². The molecule has 2 aromatic carbocycles. The van der Waals surface area contributed by atoms with Crippen molar-refractivity contribution in [1.29, 1.82) is 0 Å². The molecule has 162 valence electrons. The molecule has 0 saturated heterocycles. The first kappa shape index (κ1) is 22.7. The van der Waals surface area contributed by atoms with Crippen LogP contribution in [0.25, 0.3) is 6.08 Å². The molecule has 0 atom stereocenters. The standard InChI is InChI=1S/C22H21ClN2O5S/c1-4-30-20(26)13-31-22-24-18(11-14-5-8-16(28-2)9-6-14)21(27)25(22)15-7-10-17(23)19(12-15)29-3/h5-12H,4,13H2,1-3H3. The number of methoxy groups -OCH3 is 2. The molecule has 0 bridgehead atoms. The molecular weight excluding hydrogens is 440 g/mol. The third kappa shape index (κ3) is 5.39. The lowest BCUT2D eigenvalue weighted by Crippen LogP contribution is -2.31. The molecule has 31 heavy (non-hydrogen) atoms. The molecule has 0 unspecified atom stereocenters. The van der Waals surface area contributed by atoms with Gasteiger partial charge in [0.25, 0.3) is 5.91 Å². The molecule has 0 radical (unpaired) electrons. The summed E-state index contributed by atoms with van der Waals surface area (Å²) >= 11 is 7.25. The lowest BCUT2D eigenvalue weighted by molar-refractivity contribution is -0.139. The molecule has 0 aliphatic carbocycles. The minimum atomic E-state index is -0.385. The Morgan fingerprint density at radius 2 is 1.90 bits per heavy atom. The highest BCUT2D eigenvalue weighted by Crippen LogP contribution is 2.34. The number of carbonyl (C=O) groups excluding carboxylic acids is 2. The number of rotatable bonds is 7. The van der Waals surface area contributed by atoms with E-state index in [1.54, 1.807) is 50.4 Å². The van der Waals surface area contributed by atoms with Gasteiger partial charge in [0, 0.05) is 6.07 Å². The Balaban J connectivity index is 1.95. The van der Waals surface area contributed by atoms with Gasteiger partial charge in [-0.1, -0.05) is 35.5 Å². The van der Waals surface area contributed by atoms with E-state index in [9.17, 15) is 9.59 Å². The minimum absolute atomic E-state index is 0.0248. The maximum absolute atomic E-state index is 13.2. The van der Waals surface area contributed by atoms with Crippen molar-refractivity contribution in [2.24, 2.45) is 4.99 Å². The average molecular weight is 461 g/mol. The number of carbonyl (C=O) groups is 2. The topological polar surface area (TPSA) is 77.4 Å². The summed E-state index contributed by atoms with van der Waals surface area (Å²) in [6.45, 7) is 2.02. The maximum Gasteiger partial charge on any atom is 0.316 e. The quantitative estimate of drug-likeness (QED) is 0.450. The van der Waals surface area contributed by atoms with Crippen LogP contribution in [0.15, 0.2) is 53.2 Å². The van der Waals surface area contributed by atoms with Gasteiger partial charge in [-0.15, -0.1) is 0 Å². The Kier molecular flexibility index (Phi) is 7.59. The number of thioether (sulfide) groups is 1. The number of benzene rings is 2. The van der Waals surface area contributed by atoms with E-state index in [-0.39, 0.29) is 29.9 Å². The van der Waals surface area contributed by atoms with Crippen molar-refractivity contribution in [3.05, 3.63) is 58.7 Å². The van der Waals surface area contributed by atoms with E-state index in [0.717, 1.165) is 17.3 Å². The van der Waals surface area contributed by atoms with Crippen LogP contribution >= 0.6 is 23.4 Å². The zero-order valence-corrected chi connectivity index (χ0v) is 18.8. The van der Waals surface area contributed by atoms with Crippen molar-refractivity contribution in [2.75, 3.05) is 31.5 Å². The summed E-state index contributed by atoms with van der Waals surface area (Å²) in [7, 11) is 3.08. The second kappa shape index (κ2) is 10.4. The van der Waals surface area contributed by atoms with Crippen molar-refractivity contribution in [1.82, 2.24) is 0 Å². The van der Waals surface area contributed by atoms with Crippen molar-refractivity contribution in [2.45, 2.75) is 6.92 Å². The van der Waals surface area contributed by atoms with Crippen LogP contribution in [0.4, 0.5) is 5.69 Å². The van der Waals surface area contributed by atoms with Gasteiger partial charge in [0.05, 0.1) is 37.3 Å². The van der Waals surface area contributed by atoms with Crippen molar-refractivity contribution >= 4 is 52.2 Å². The molecule has 0 N–H and O–H groups in total. The molecule has 0 spiro atoms. The van der Waals surface area contributed by atoms with Crippen molar-refractivity contribution < 1.29 is 23.8 Å². The van der Waals surface area contributed by atoms with E-state index in [1.165, 1.54) is 12.0 Å². The highest BCUT2D eigenvalue weighted by atomic mass is 35.5. The van der Waals surface area contributed by atoms with Crippen LogP contribution < -0.4 is 14.4 Å². The fourth-order valence-corrected chi connectivity index (χ4v) is 3.80. The summed E-state index contributed by atoms with van der Waals surface area (Å²) < 4.78 is 15.4. The number of esters is 1. The zero-order valence-electron chi connectivity index (χ0n) is 17.3. The molecule has 1 amide bonds. The van der Waals surface area contributed by atoms with Crippen LogP contribution in [-0.4, -0.2) is 43.6 Å².